The van der Waals surface area contributed by atoms with Gasteiger partial charge in [-0.25, -0.2) is 0 Å². The van der Waals surface area contributed by atoms with Crippen LogP contribution in [-0.4, -0.2) is 125 Å². The molecule has 0 fully saturated rings. The van der Waals surface area contributed by atoms with Crippen molar-refractivity contribution in [1.82, 2.24) is 0 Å². The van der Waals surface area contributed by atoms with Gasteiger partial charge in [-0.15, -0.1) is 0 Å². The topological polar surface area (TPSA) is 126 Å². The third-order valence-electron chi connectivity index (χ3n) is 6.84. The minimum atomic E-state index is -0.129. The van der Waals surface area contributed by atoms with E-state index >= 15 is 0 Å². The lowest BCUT2D eigenvalue weighted by atomic mass is 10.0. The first-order valence-electron chi connectivity index (χ1n) is 17.8. The lowest BCUT2D eigenvalue weighted by Gasteiger charge is -2.09. The minimum absolute atomic E-state index is 0.129. The zero-order valence-electron chi connectivity index (χ0n) is 28.8. The molecule has 2 N–H and O–H groups in total. The number of carbonyl (C=O) groups excluding carboxylic acids is 1. The van der Waals surface area contributed by atoms with Crippen molar-refractivity contribution in [3.63, 3.8) is 0 Å². The molecular weight excluding hydrogens is 582 g/mol. The maximum atomic E-state index is 11.8. The monoisotopic (exact) mass is 651 g/mol. The first-order valence-corrected chi connectivity index (χ1v) is 17.8. The predicted molar refractivity (Wildman–Crippen MR) is 177 cm³/mol. The highest BCUT2D eigenvalue weighted by Crippen LogP contribution is 2.13. The van der Waals surface area contributed by atoms with Crippen molar-refractivity contribution in [2.24, 2.45) is 5.73 Å². The molecule has 0 aliphatic rings. The average molecular weight is 652 g/mol. The van der Waals surface area contributed by atoms with Crippen LogP contribution in [0.4, 0.5) is 0 Å². The summed E-state index contributed by atoms with van der Waals surface area (Å²) in [6.07, 6.45) is 17.4. The van der Waals surface area contributed by atoms with Crippen LogP contribution in [-0.2, 0) is 47.4 Å². The maximum absolute atomic E-state index is 11.8. The van der Waals surface area contributed by atoms with Gasteiger partial charge in [0.15, 0.2) is 0 Å². The Kier molecular flexibility index (Phi) is 40.3. The molecule has 0 unspecified atom stereocenters. The first kappa shape index (κ1) is 44.1. The molecule has 0 aliphatic heterocycles. The van der Waals surface area contributed by atoms with E-state index in [4.69, 9.17) is 48.4 Å². The van der Waals surface area contributed by atoms with Crippen molar-refractivity contribution < 1.29 is 47.4 Å². The molecular formula is C34H69NO10. The number of carbonyl (C=O) groups is 1. The summed E-state index contributed by atoms with van der Waals surface area (Å²) in [6.45, 7) is 11.2. The van der Waals surface area contributed by atoms with Gasteiger partial charge in [0.2, 0.25) is 0 Å². The minimum Gasteiger partial charge on any atom is -0.463 e. The van der Waals surface area contributed by atoms with Gasteiger partial charge in [-0.2, -0.15) is 0 Å². The van der Waals surface area contributed by atoms with E-state index in [0.717, 1.165) is 12.8 Å². The number of unbranched alkanes of at least 4 members (excludes halogenated alkanes) is 12. The molecule has 270 valence electrons. The van der Waals surface area contributed by atoms with Crippen molar-refractivity contribution >= 4 is 5.97 Å². The molecule has 0 spiro atoms. The Balaban J connectivity index is 3.12. The third kappa shape index (κ3) is 41.1. The summed E-state index contributed by atoms with van der Waals surface area (Å²) < 4.78 is 48.6. The Bertz CT molecular complexity index is 559. The van der Waals surface area contributed by atoms with Crippen LogP contribution < -0.4 is 5.73 Å². The molecule has 45 heavy (non-hydrogen) atoms. The van der Waals surface area contributed by atoms with Crippen LogP contribution >= 0.6 is 0 Å². The van der Waals surface area contributed by atoms with E-state index in [1.54, 1.807) is 0 Å². The van der Waals surface area contributed by atoms with Gasteiger partial charge in [-0.1, -0.05) is 84.0 Å². The zero-order chi connectivity index (χ0) is 32.6. The molecule has 11 heteroatoms. The van der Waals surface area contributed by atoms with Crippen molar-refractivity contribution in [3.8, 4) is 0 Å². The molecule has 11 nitrogen and oxygen atoms in total. The fourth-order valence-corrected chi connectivity index (χ4v) is 4.30. The number of nitrogens with two attached hydrogens (primary N) is 1. The normalized spacial score (nSPS) is 11.4. The highest BCUT2D eigenvalue weighted by Gasteiger charge is 2.03. The molecule has 0 aromatic carbocycles. The van der Waals surface area contributed by atoms with Crippen LogP contribution in [0, 0.1) is 0 Å². The summed E-state index contributed by atoms with van der Waals surface area (Å²) in [7, 11) is 0. The second-order valence-electron chi connectivity index (χ2n) is 10.9. The van der Waals surface area contributed by atoms with Gasteiger partial charge in [0.25, 0.3) is 0 Å². The largest absolute Gasteiger partial charge is 0.463 e. The molecule has 0 amide bonds. The smallest absolute Gasteiger partial charge is 0.305 e. The molecule has 0 bridgehead atoms. The van der Waals surface area contributed by atoms with Gasteiger partial charge >= 0.3 is 5.97 Å². The second-order valence-corrected chi connectivity index (χ2v) is 10.9. The lowest BCUT2D eigenvalue weighted by Crippen LogP contribution is -2.15. The summed E-state index contributed by atoms with van der Waals surface area (Å²) in [4.78, 5) is 11.8. The van der Waals surface area contributed by atoms with Gasteiger partial charge in [-0.3, -0.25) is 4.79 Å². The quantitative estimate of drug-likeness (QED) is 0.0702. The molecule has 0 rings (SSSR count). The summed E-state index contributed by atoms with van der Waals surface area (Å²) in [6, 6.07) is 0. The average Bonchev–Trinajstić information content (AvgIpc) is 3.05. The fraction of sp³-hybridized carbons (Fsp3) is 0.971. The third-order valence-corrected chi connectivity index (χ3v) is 6.84. The summed E-state index contributed by atoms with van der Waals surface area (Å²) in [5.74, 6) is -0.129. The van der Waals surface area contributed by atoms with Crippen molar-refractivity contribution in [1.29, 1.82) is 0 Å². The fourth-order valence-electron chi connectivity index (χ4n) is 4.30. The summed E-state index contributed by atoms with van der Waals surface area (Å²) in [5.41, 5.74) is 5.33. The van der Waals surface area contributed by atoms with E-state index < -0.39 is 0 Å². The highest BCUT2D eigenvalue weighted by atomic mass is 16.6. The number of hydrogen-bond acceptors (Lipinski definition) is 11. The highest BCUT2D eigenvalue weighted by molar-refractivity contribution is 5.69. The summed E-state index contributed by atoms with van der Waals surface area (Å²) in [5, 5.41) is 0. The maximum Gasteiger partial charge on any atom is 0.305 e. The predicted octanol–water partition coefficient (Wildman–Crippen LogP) is 5.10. The van der Waals surface area contributed by atoms with E-state index in [1.165, 1.54) is 70.6 Å². The molecule has 0 radical (unpaired) electrons. The zero-order valence-corrected chi connectivity index (χ0v) is 28.8. The Morgan fingerprint density at radius 3 is 0.956 bits per heavy atom. The summed E-state index contributed by atoms with van der Waals surface area (Å²) >= 11 is 0. The van der Waals surface area contributed by atoms with Gasteiger partial charge in [0.1, 0.15) is 6.61 Å². The number of hydrogen-bond donors (Lipinski definition) is 1. The number of rotatable bonds is 40. The first-order chi connectivity index (χ1) is 22.3. The standard InChI is InChI=1S/C34H69NO10/c1-2-3-4-5-6-7-8-9-10-11-12-13-14-15-34(36)45-33-32-44-31-30-43-29-28-42-27-26-41-25-24-40-23-22-39-21-20-38-19-18-37-17-16-35/h2-33,35H2,1H3. The van der Waals surface area contributed by atoms with Crippen LogP contribution in [0.15, 0.2) is 0 Å². The number of esters is 1. The second kappa shape index (κ2) is 41.1. The molecule has 0 aromatic heterocycles. The van der Waals surface area contributed by atoms with Crippen LogP contribution in [0.5, 0.6) is 0 Å². The van der Waals surface area contributed by atoms with E-state index in [1.807, 2.05) is 0 Å². The van der Waals surface area contributed by atoms with E-state index in [9.17, 15) is 4.79 Å². The van der Waals surface area contributed by atoms with Crippen LogP contribution in [0.3, 0.4) is 0 Å². The Morgan fingerprint density at radius 2 is 0.644 bits per heavy atom. The van der Waals surface area contributed by atoms with Gasteiger partial charge in [0.05, 0.1) is 106 Å². The molecule has 0 atom stereocenters. The van der Waals surface area contributed by atoms with E-state index in [0.29, 0.717) is 125 Å². The SMILES string of the molecule is CCCCCCCCCCCCCCCC(=O)OCCOCCOCCOCCOCCOCCOCCOCCOCCN. The van der Waals surface area contributed by atoms with E-state index in [2.05, 4.69) is 6.92 Å². The lowest BCUT2D eigenvalue weighted by molar-refractivity contribution is -0.145. The molecule has 0 aromatic rings. The van der Waals surface area contributed by atoms with Gasteiger partial charge in [-0.05, 0) is 6.42 Å². The Hall–Kier alpha value is -0.890. The van der Waals surface area contributed by atoms with Crippen molar-refractivity contribution in [3.05, 3.63) is 0 Å². The Labute approximate surface area is 274 Å². The molecule has 0 aliphatic carbocycles. The van der Waals surface area contributed by atoms with E-state index in [-0.39, 0.29) is 5.97 Å². The van der Waals surface area contributed by atoms with Crippen LogP contribution in [0.2, 0.25) is 0 Å². The van der Waals surface area contributed by atoms with Gasteiger partial charge < -0.3 is 48.4 Å². The molecule has 0 heterocycles. The van der Waals surface area contributed by atoms with Gasteiger partial charge in [0, 0.05) is 13.0 Å². The van der Waals surface area contributed by atoms with Crippen LogP contribution in [0.1, 0.15) is 96.8 Å². The van der Waals surface area contributed by atoms with Crippen LogP contribution in [0.25, 0.3) is 0 Å². The molecule has 0 saturated carbocycles. The van der Waals surface area contributed by atoms with Crippen molar-refractivity contribution in [2.75, 3.05) is 119 Å². The molecule has 0 saturated heterocycles. The number of ether oxygens (including phenoxy) is 9. The Morgan fingerprint density at radius 1 is 0.378 bits per heavy atom. The van der Waals surface area contributed by atoms with Crippen molar-refractivity contribution in [2.45, 2.75) is 96.8 Å².